The summed E-state index contributed by atoms with van der Waals surface area (Å²) in [7, 11) is 0. The number of carboxylic acids is 1. The topological polar surface area (TPSA) is 49.3 Å². The Morgan fingerprint density at radius 2 is 1.86 bits per heavy atom. The summed E-state index contributed by atoms with van der Waals surface area (Å²) < 4.78 is 0. The van der Waals surface area contributed by atoms with E-state index in [2.05, 4.69) is 11.6 Å². The van der Waals surface area contributed by atoms with Crippen LogP contribution in [0.2, 0.25) is 0 Å². The monoisotopic (exact) mass is 303 g/mol. The van der Waals surface area contributed by atoms with E-state index < -0.39 is 5.97 Å². The highest BCUT2D eigenvalue weighted by atomic mass is 32.2. The smallest absolute Gasteiger partial charge is 0.336 e. The molecule has 0 spiro atoms. The summed E-state index contributed by atoms with van der Waals surface area (Å²) in [4.78, 5) is 11.3. The average Bonchev–Trinajstić information content (AvgIpc) is 2.50. The number of benzene rings is 2. The molecule has 2 aromatic carbocycles. The van der Waals surface area contributed by atoms with Crippen LogP contribution in [0.4, 0.5) is 5.69 Å². The third kappa shape index (κ3) is 4.14. The van der Waals surface area contributed by atoms with E-state index in [4.69, 9.17) is 0 Å². The summed E-state index contributed by atoms with van der Waals surface area (Å²) in [5.41, 5.74) is 1.37. The lowest BCUT2D eigenvalue weighted by atomic mass is 10.0. The van der Waals surface area contributed by atoms with E-state index in [-0.39, 0.29) is 0 Å². The first-order valence-corrected chi connectivity index (χ1v) is 8.61. The highest BCUT2D eigenvalue weighted by Gasteiger charge is 2.10. The van der Waals surface area contributed by atoms with Gasteiger partial charge in [0.1, 0.15) is 0 Å². The molecule has 0 aliphatic rings. The van der Waals surface area contributed by atoms with Gasteiger partial charge in [0.2, 0.25) is 0 Å². The van der Waals surface area contributed by atoms with E-state index >= 15 is 0 Å². The van der Waals surface area contributed by atoms with Gasteiger partial charge in [-0.2, -0.15) is 11.8 Å². The minimum Gasteiger partial charge on any atom is -0.478 e. The number of rotatable bonds is 8. The molecule has 0 bridgehead atoms. The second-order valence-corrected chi connectivity index (χ2v) is 5.98. The first-order chi connectivity index (χ1) is 10.2. The third-order valence-corrected chi connectivity index (χ3v) is 4.19. The van der Waals surface area contributed by atoms with Crippen molar-refractivity contribution in [3.05, 3.63) is 42.0 Å². The number of anilines is 1. The van der Waals surface area contributed by atoms with Gasteiger partial charge in [0, 0.05) is 17.6 Å². The predicted molar refractivity (Wildman–Crippen MR) is 91.6 cm³/mol. The number of unbranched alkanes of at least 4 members (excludes halogenated alkanes) is 2. The number of carboxylic acid groups (broad SMARTS) is 1. The highest BCUT2D eigenvalue weighted by molar-refractivity contribution is 7.98. The Bertz CT molecular complexity index is 613. The largest absolute Gasteiger partial charge is 0.478 e. The number of aromatic carboxylic acids is 1. The molecule has 2 rings (SSSR count). The average molecular weight is 303 g/mol. The van der Waals surface area contributed by atoms with E-state index in [0.29, 0.717) is 5.56 Å². The van der Waals surface area contributed by atoms with E-state index in [0.717, 1.165) is 29.4 Å². The summed E-state index contributed by atoms with van der Waals surface area (Å²) in [5.74, 6) is 0.339. The first-order valence-electron chi connectivity index (χ1n) is 7.22. The number of fused-ring (bicyclic) bond motifs is 1. The molecule has 3 nitrogen and oxygen atoms in total. The Balaban J connectivity index is 2.07. The molecule has 2 N–H and O–H groups in total. The maximum absolute atomic E-state index is 11.3. The second-order valence-electron chi connectivity index (χ2n) is 4.99. The van der Waals surface area contributed by atoms with Crippen LogP contribution in [0.1, 0.15) is 29.6 Å². The quantitative estimate of drug-likeness (QED) is 0.706. The van der Waals surface area contributed by atoms with Crippen LogP contribution in [-0.4, -0.2) is 29.6 Å². The molecule has 4 heteroatoms. The van der Waals surface area contributed by atoms with Gasteiger partial charge in [0.05, 0.1) is 5.56 Å². The summed E-state index contributed by atoms with van der Waals surface area (Å²) >= 11 is 1.89. The van der Waals surface area contributed by atoms with Crippen molar-refractivity contribution in [3.8, 4) is 0 Å². The van der Waals surface area contributed by atoms with Gasteiger partial charge in [-0.25, -0.2) is 4.79 Å². The number of hydrogen-bond donors (Lipinski definition) is 2. The molecule has 0 fully saturated rings. The minimum atomic E-state index is -0.880. The molecule has 0 saturated carbocycles. The van der Waals surface area contributed by atoms with Gasteiger partial charge in [-0.05, 0) is 42.4 Å². The lowest BCUT2D eigenvalue weighted by Gasteiger charge is -2.11. The van der Waals surface area contributed by atoms with Gasteiger partial charge in [-0.15, -0.1) is 0 Å². The van der Waals surface area contributed by atoms with Crippen molar-refractivity contribution in [2.45, 2.75) is 19.3 Å². The van der Waals surface area contributed by atoms with E-state index in [1.807, 2.05) is 42.1 Å². The van der Waals surface area contributed by atoms with Crippen LogP contribution >= 0.6 is 11.8 Å². The van der Waals surface area contributed by atoms with Gasteiger partial charge in [-0.1, -0.05) is 30.7 Å². The molecular weight excluding hydrogens is 282 g/mol. The molecule has 21 heavy (non-hydrogen) atoms. The number of thioether (sulfide) groups is 1. The van der Waals surface area contributed by atoms with Gasteiger partial charge in [-0.3, -0.25) is 0 Å². The lowest BCUT2D eigenvalue weighted by Crippen LogP contribution is -2.04. The Morgan fingerprint density at radius 3 is 2.57 bits per heavy atom. The fourth-order valence-corrected chi connectivity index (χ4v) is 2.90. The first kappa shape index (κ1) is 15.7. The number of carbonyl (C=O) groups is 1. The van der Waals surface area contributed by atoms with E-state index in [1.165, 1.54) is 18.6 Å². The zero-order valence-corrected chi connectivity index (χ0v) is 13.1. The molecule has 0 unspecified atom stereocenters. The van der Waals surface area contributed by atoms with Crippen molar-refractivity contribution < 1.29 is 9.90 Å². The van der Waals surface area contributed by atoms with Crippen LogP contribution in [0.25, 0.3) is 10.8 Å². The number of nitrogens with one attached hydrogen (secondary N) is 1. The van der Waals surface area contributed by atoms with Gasteiger partial charge < -0.3 is 10.4 Å². The van der Waals surface area contributed by atoms with Crippen LogP contribution in [-0.2, 0) is 0 Å². The zero-order chi connectivity index (χ0) is 15.1. The SMILES string of the molecule is CSCCCCCNc1ccc(C(=O)O)c2ccccc12. The van der Waals surface area contributed by atoms with Crippen molar-refractivity contribution in [1.82, 2.24) is 0 Å². The zero-order valence-electron chi connectivity index (χ0n) is 12.3. The van der Waals surface area contributed by atoms with Crippen molar-refractivity contribution in [1.29, 1.82) is 0 Å². The Hall–Kier alpha value is -1.68. The van der Waals surface area contributed by atoms with E-state index in [1.54, 1.807) is 6.07 Å². The minimum absolute atomic E-state index is 0.358. The molecule has 0 atom stereocenters. The van der Waals surface area contributed by atoms with E-state index in [9.17, 15) is 9.90 Å². The number of hydrogen-bond acceptors (Lipinski definition) is 3. The standard InChI is InChI=1S/C17H21NO2S/c1-21-12-6-2-5-11-18-16-10-9-15(17(19)20)13-7-3-4-8-14(13)16/h3-4,7-10,18H,2,5-6,11-12H2,1H3,(H,19,20). The second kappa shape index (κ2) is 7.93. The summed E-state index contributed by atoms with van der Waals surface area (Å²) in [5, 5.41) is 14.4. The van der Waals surface area contributed by atoms with Crippen molar-refractivity contribution in [2.24, 2.45) is 0 Å². The maximum Gasteiger partial charge on any atom is 0.336 e. The molecule has 0 aliphatic carbocycles. The molecule has 0 aliphatic heterocycles. The summed E-state index contributed by atoms with van der Waals surface area (Å²) in [6, 6.07) is 11.2. The van der Waals surface area contributed by atoms with Crippen LogP contribution in [0.15, 0.2) is 36.4 Å². The molecule has 112 valence electrons. The van der Waals surface area contributed by atoms with Gasteiger partial charge >= 0.3 is 5.97 Å². The molecule has 2 aromatic rings. The molecule has 0 radical (unpaired) electrons. The van der Waals surface area contributed by atoms with Crippen molar-refractivity contribution >= 4 is 34.2 Å². The fourth-order valence-electron chi connectivity index (χ4n) is 2.41. The van der Waals surface area contributed by atoms with Crippen LogP contribution in [0.5, 0.6) is 0 Å². The van der Waals surface area contributed by atoms with Crippen molar-refractivity contribution in [2.75, 3.05) is 23.9 Å². The normalized spacial score (nSPS) is 10.7. The predicted octanol–water partition coefficient (Wildman–Crippen LogP) is 4.48. The van der Waals surface area contributed by atoms with Crippen molar-refractivity contribution in [3.63, 3.8) is 0 Å². The molecule has 0 saturated heterocycles. The van der Waals surface area contributed by atoms with Crippen LogP contribution in [0, 0.1) is 0 Å². The molecular formula is C17H21NO2S. The third-order valence-electron chi connectivity index (χ3n) is 3.50. The van der Waals surface area contributed by atoms with Gasteiger partial charge in [0.15, 0.2) is 0 Å². The molecule has 0 amide bonds. The molecule has 0 aromatic heterocycles. The fraction of sp³-hybridized carbons (Fsp3) is 0.353. The summed E-state index contributed by atoms with van der Waals surface area (Å²) in [6.45, 7) is 0.921. The van der Waals surface area contributed by atoms with Crippen LogP contribution < -0.4 is 5.32 Å². The van der Waals surface area contributed by atoms with Gasteiger partial charge in [0.25, 0.3) is 0 Å². The van der Waals surface area contributed by atoms with Crippen LogP contribution in [0.3, 0.4) is 0 Å². The Kier molecular flexibility index (Phi) is 5.93. The highest BCUT2D eigenvalue weighted by Crippen LogP contribution is 2.26. The summed E-state index contributed by atoms with van der Waals surface area (Å²) in [6.07, 6.45) is 5.74. The maximum atomic E-state index is 11.3. The Morgan fingerprint density at radius 1 is 1.10 bits per heavy atom. The Labute approximate surface area is 129 Å². The lowest BCUT2D eigenvalue weighted by molar-refractivity contribution is 0.0699. The molecule has 0 heterocycles.